The number of rotatable bonds is 8. The van der Waals surface area contributed by atoms with Crippen LogP contribution in [0.5, 0.6) is 0 Å². The lowest BCUT2D eigenvalue weighted by Gasteiger charge is -2.18. The van der Waals surface area contributed by atoms with E-state index in [0.29, 0.717) is 0 Å². The summed E-state index contributed by atoms with van der Waals surface area (Å²) < 4.78 is 0. The van der Waals surface area contributed by atoms with Gasteiger partial charge in [-0.1, -0.05) is 84.9 Å². The van der Waals surface area contributed by atoms with Crippen LogP contribution in [-0.4, -0.2) is 5.78 Å². The molecule has 0 saturated heterocycles. The van der Waals surface area contributed by atoms with E-state index in [1.807, 2.05) is 84.9 Å². The van der Waals surface area contributed by atoms with Gasteiger partial charge in [0, 0.05) is 5.69 Å². The molecular formula is C24H23NO. The third-order valence-electron chi connectivity index (χ3n) is 4.23. The van der Waals surface area contributed by atoms with Gasteiger partial charge < -0.3 is 5.32 Å². The molecule has 0 aliphatic rings. The topological polar surface area (TPSA) is 29.1 Å². The van der Waals surface area contributed by atoms with Gasteiger partial charge >= 0.3 is 0 Å². The first-order valence-electron chi connectivity index (χ1n) is 8.94. The van der Waals surface area contributed by atoms with Gasteiger partial charge in [0.15, 0.2) is 5.78 Å². The molecule has 3 rings (SSSR count). The molecule has 0 heterocycles. The van der Waals surface area contributed by atoms with E-state index >= 15 is 0 Å². The average Bonchev–Trinajstić information content (AvgIpc) is 2.71. The van der Waals surface area contributed by atoms with Crippen molar-refractivity contribution < 1.29 is 4.79 Å². The quantitative estimate of drug-likeness (QED) is 0.541. The molecule has 0 aromatic heterocycles. The van der Waals surface area contributed by atoms with Crippen molar-refractivity contribution in [2.24, 2.45) is 0 Å². The fraction of sp³-hybridized carbons (Fsp3) is 0.125. The van der Waals surface area contributed by atoms with Gasteiger partial charge in [-0.2, -0.15) is 0 Å². The summed E-state index contributed by atoms with van der Waals surface area (Å²) in [5, 5.41) is 3.35. The lowest BCUT2D eigenvalue weighted by Crippen LogP contribution is -2.19. The fourth-order valence-electron chi connectivity index (χ4n) is 2.86. The smallest absolute Gasteiger partial charge is 0.182 e. The summed E-state index contributed by atoms with van der Waals surface area (Å²) in [5.74, 6) is 0.0631. The maximum atomic E-state index is 12.8. The maximum Gasteiger partial charge on any atom is 0.182 e. The summed E-state index contributed by atoms with van der Waals surface area (Å²) in [4.78, 5) is 12.8. The number of benzene rings is 3. The number of carbonyl (C=O) groups excluding carboxylic acids is 1. The van der Waals surface area contributed by atoms with Crippen molar-refractivity contribution in [3.05, 3.63) is 114 Å². The van der Waals surface area contributed by atoms with E-state index in [-0.39, 0.29) is 11.8 Å². The van der Waals surface area contributed by atoms with E-state index < -0.39 is 0 Å². The van der Waals surface area contributed by atoms with Gasteiger partial charge in [0.05, 0.1) is 0 Å². The van der Waals surface area contributed by atoms with Crippen molar-refractivity contribution in [2.45, 2.75) is 18.9 Å². The van der Waals surface area contributed by atoms with E-state index in [2.05, 4.69) is 17.4 Å². The zero-order valence-corrected chi connectivity index (χ0v) is 14.7. The minimum Gasteiger partial charge on any atom is -0.371 e. The molecule has 0 fully saturated rings. The van der Waals surface area contributed by atoms with Crippen molar-refractivity contribution in [1.82, 2.24) is 0 Å². The Bertz CT molecular complexity index is 826. The highest BCUT2D eigenvalue weighted by atomic mass is 16.1. The molecule has 0 spiro atoms. The molecule has 26 heavy (non-hydrogen) atoms. The van der Waals surface area contributed by atoms with Crippen molar-refractivity contribution in [1.29, 1.82) is 0 Å². The number of hydrogen-bond donors (Lipinski definition) is 1. The number of anilines is 1. The summed E-state index contributed by atoms with van der Waals surface area (Å²) in [6, 6.07) is 29.6. The third kappa shape index (κ3) is 5.18. The molecule has 3 aromatic rings. The molecule has 3 aromatic carbocycles. The molecule has 2 nitrogen and oxygen atoms in total. The molecule has 0 aliphatic carbocycles. The van der Waals surface area contributed by atoms with Crippen LogP contribution in [0.4, 0.5) is 5.69 Å². The minimum atomic E-state index is -0.383. The predicted octanol–water partition coefficient (Wildman–Crippen LogP) is 5.60. The first-order chi connectivity index (χ1) is 12.8. The largest absolute Gasteiger partial charge is 0.371 e. The lowest BCUT2D eigenvalue weighted by atomic mass is 10.0. The van der Waals surface area contributed by atoms with Gasteiger partial charge in [0.1, 0.15) is 6.04 Å². The number of aryl methyl sites for hydroxylation is 1. The summed E-state index contributed by atoms with van der Waals surface area (Å²) in [7, 11) is 0. The van der Waals surface area contributed by atoms with Crippen molar-refractivity contribution in [3.8, 4) is 0 Å². The zero-order valence-electron chi connectivity index (χ0n) is 14.7. The minimum absolute atomic E-state index is 0.0631. The molecule has 2 heteroatoms. The van der Waals surface area contributed by atoms with Crippen LogP contribution in [0.3, 0.4) is 0 Å². The molecule has 0 aliphatic heterocycles. The van der Waals surface area contributed by atoms with Gasteiger partial charge in [-0.3, -0.25) is 4.79 Å². The number of ketones is 1. The monoisotopic (exact) mass is 341 g/mol. The Labute approximate surface area is 155 Å². The van der Waals surface area contributed by atoms with Crippen LogP contribution < -0.4 is 5.32 Å². The second-order valence-corrected chi connectivity index (χ2v) is 6.18. The molecule has 1 atom stereocenters. The van der Waals surface area contributed by atoms with E-state index in [0.717, 1.165) is 24.1 Å². The van der Waals surface area contributed by atoms with Crippen LogP contribution in [0.1, 0.15) is 23.6 Å². The van der Waals surface area contributed by atoms with E-state index in [4.69, 9.17) is 0 Å². The Hall–Kier alpha value is -3.13. The molecule has 0 radical (unpaired) electrons. The van der Waals surface area contributed by atoms with Gasteiger partial charge in [-0.15, -0.1) is 0 Å². The van der Waals surface area contributed by atoms with Crippen LogP contribution in [0.25, 0.3) is 0 Å². The molecule has 1 N–H and O–H groups in total. The van der Waals surface area contributed by atoms with E-state index in [1.165, 1.54) is 5.56 Å². The normalized spacial score (nSPS) is 12.0. The van der Waals surface area contributed by atoms with Gasteiger partial charge in [-0.25, -0.2) is 0 Å². The fourth-order valence-corrected chi connectivity index (χ4v) is 2.86. The number of allylic oxidation sites excluding steroid dienone is 1. The summed E-state index contributed by atoms with van der Waals surface area (Å²) in [5.41, 5.74) is 3.19. The molecule has 0 amide bonds. The predicted molar refractivity (Wildman–Crippen MR) is 108 cm³/mol. The molecule has 1 unspecified atom stereocenters. The Balaban J connectivity index is 1.67. The number of para-hydroxylation sites is 1. The Kier molecular flexibility index (Phi) is 6.38. The Morgan fingerprint density at radius 1 is 0.808 bits per heavy atom. The van der Waals surface area contributed by atoms with Crippen molar-refractivity contribution >= 4 is 11.5 Å². The van der Waals surface area contributed by atoms with Crippen LogP contribution in [-0.2, 0) is 11.2 Å². The van der Waals surface area contributed by atoms with Crippen LogP contribution in [0, 0.1) is 0 Å². The van der Waals surface area contributed by atoms with Gasteiger partial charge in [0.2, 0.25) is 0 Å². The number of carbonyl (C=O) groups is 1. The highest BCUT2D eigenvalue weighted by Crippen LogP contribution is 2.21. The maximum absolute atomic E-state index is 12.8. The molecular weight excluding hydrogens is 318 g/mol. The summed E-state index contributed by atoms with van der Waals surface area (Å²) in [6.45, 7) is 0. The average molecular weight is 341 g/mol. The first kappa shape index (κ1) is 17.7. The van der Waals surface area contributed by atoms with Crippen molar-refractivity contribution in [2.75, 3.05) is 5.32 Å². The van der Waals surface area contributed by atoms with E-state index in [9.17, 15) is 4.79 Å². The third-order valence-corrected chi connectivity index (χ3v) is 4.23. The van der Waals surface area contributed by atoms with Crippen molar-refractivity contribution in [3.63, 3.8) is 0 Å². The number of nitrogens with one attached hydrogen (secondary N) is 1. The second kappa shape index (κ2) is 9.38. The highest BCUT2D eigenvalue weighted by Gasteiger charge is 2.17. The number of hydrogen-bond acceptors (Lipinski definition) is 2. The lowest BCUT2D eigenvalue weighted by molar-refractivity contribution is -0.115. The SMILES string of the molecule is O=C(/C=C/CCc1ccccc1)C(Nc1ccccc1)c1ccccc1. The van der Waals surface area contributed by atoms with Gasteiger partial charge in [-0.05, 0) is 42.2 Å². The van der Waals surface area contributed by atoms with Gasteiger partial charge in [0.25, 0.3) is 0 Å². The Morgan fingerprint density at radius 2 is 1.38 bits per heavy atom. The van der Waals surface area contributed by atoms with Crippen LogP contribution in [0.15, 0.2) is 103 Å². The van der Waals surface area contributed by atoms with Crippen LogP contribution >= 0.6 is 0 Å². The van der Waals surface area contributed by atoms with Crippen LogP contribution in [0.2, 0.25) is 0 Å². The zero-order chi connectivity index (χ0) is 18.0. The highest BCUT2D eigenvalue weighted by molar-refractivity contribution is 5.97. The second-order valence-electron chi connectivity index (χ2n) is 6.18. The first-order valence-corrected chi connectivity index (χ1v) is 8.94. The molecule has 0 bridgehead atoms. The Morgan fingerprint density at radius 3 is 2.04 bits per heavy atom. The molecule has 130 valence electrons. The van der Waals surface area contributed by atoms with E-state index in [1.54, 1.807) is 6.08 Å². The summed E-state index contributed by atoms with van der Waals surface area (Å²) in [6.07, 6.45) is 5.46. The summed E-state index contributed by atoms with van der Waals surface area (Å²) >= 11 is 0. The molecule has 0 saturated carbocycles. The standard InChI is InChI=1S/C24H23NO/c26-23(19-11-10-14-20-12-4-1-5-13-20)24(21-15-6-2-7-16-21)25-22-17-8-3-9-18-22/h1-9,11-13,15-19,24-25H,10,14H2/b19-11+.